The van der Waals surface area contributed by atoms with Crippen LogP contribution in [0.25, 0.3) is 5.69 Å². The van der Waals surface area contributed by atoms with E-state index in [4.69, 9.17) is 0 Å². The summed E-state index contributed by atoms with van der Waals surface area (Å²) in [6, 6.07) is 6.22. The highest BCUT2D eigenvalue weighted by Crippen LogP contribution is 2.16. The van der Waals surface area contributed by atoms with Gasteiger partial charge in [-0.25, -0.2) is 9.07 Å². The number of hydrogen-bond donors (Lipinski definition) is 1. The van der Waals surface area contributed by atoms with Crippen LogP contribution < -0.4 is 5.32 Å². The largest absolute Gasteiger partial charge is 0.349 e. The molecule has 0 saturated heterocycles. The van der Waals surface area contributed by atoms with Crippen molar-refractivity contribution in [2.45, 2.75) is 46.1 Å². The fourth-order valence-electron chi connectivity index (χ4n) is 2.52. The third-order valence-corrected chi connectivity index (χ3v) is 3.62. The second kappa shape index (κ2) is 7.20. The molecule has 1 unspecified atom stereocenters. The van der Waals surface area contributed by atoms with Crippen LogP contribution in [0.1, 0.15) is 49.7 Å². The maximum Gasteiger partial charge on any atom is 0.254 e. The summed E-state index contributed by atoms with van der Waals surface area (Å²) in [6.45, 7) is 6.06. The number of hydrogen-bond acceptors (Lipinski definition) is 2. The van der Waals surface area contributed by atoms with Gasteiger partial charge in [0.05, 0.1) is 23.1 Å². The molecule has 0 bridgehead atoms. The Bertz CT molecular complexity index is 634. The summed E-state index contributed by atoms with van der Waals surface area (Å²) in [5.41, 5.74) is 2.15. The Balaban J connectivity index is 2.27. The average Bonchev–Trinajstić information content (AvgIpc) is 2.92. The second-order valence-electron chi connectivity index (χ2n) is 5.41. The molecular weight excluding hydrogens is 281 g/mol. The number of aromatic nitrogens is 2. The van der Waals surface area contributed by atoms with Crippen molar-refractivity contribution in [3.05, 3.63) is 47.5 Å². The van der Waals surface area contributed by atoms with E-state index in [0.717, 1.165) is 24.2 Å². The van der Waals surface area contributed by atoms with Crippen LogP contribution in [0.15, 0.2) is 30.5 Å². The summed E-state index contributed by atoms with van der Waals surface area (Å²) in [5.74, 6) is -0.397. The van der Waals surface area contributed by atoms with E-state index >= 15 is 0 Å². The summed E-state index contributed by atoms with van der Waals surface area (Å²) in [7, 11) is 0. The van der Waals surface area contributed by atoms with Crippen molar-refractivity contribution in [3.8, 4) is 5.69 Å². The topological polar surface area (TPSA) is 46.9 Å². The first-order valence-electron chi connectivity index (χ1n) is 7.70. The third-order valence-electron chi connectivity index (χ3n) is 3.62. The molecule has 0 aliphatic heterocycles. The van der Waals surface area contributed by atoms with Crippen molar-refractivity contribution in [1.29, 1.82) is 0 Å². The fourth-order valence-corrected chi connectivity index (χ4v) is 2.52. The van der Waals surface area contributed by atoms with Gasteiger partial charge in [-0.15, -0.1) is 0 Å². The molecule has 1 N–H and O–H groups in total. The molecule has 1 aromatic heterocycles. The highest BCUT2D eigenvalue weighted by atomic mass is 19.1. The lowest BCUT2D eigenvalue weighted by Crippen LogP contribution is -2.32. The van der Waals surface area contributed by atoms with E-state index in [0.29, 0.717) is 12.0 Å². The van der Waals surface area contributed by atoms with E-state index in [1.807, 2.05) is 13.8 Å². The number of nitrogens with zero attached hydrogens (tertiary/aromatic N) is 2. The molecule has 1 amide bonds. The highest BCUT2D eigenvalue weighted by molar-refractivity contribution is 5.95. The summed E-state index contributed by atoms with van der Waals surface area (Å²) in [5, 5.41) is 7.29. The summed E-state index contributed by atoms with van der Waals surface area (Å²) in [4.78, 5) is 12.4. The predicted octanol–water partition coefficient (Wildman–Crippen LogP) is 3.49. The first kappa shape index (κ1) is 16.2. The SMILES string of the molecule is CCCC(C)NC(=O)c1cnn(-c2ccc(F)cc2)c1CC. The Hall–Kier alpha value is -2.17. The first-order valence-corrected chi connectivity index (χ1v) is 7.70. The van der Waals surface area contributed by atoms with Crippen molar-refractivity contribution >= 4 is 5.91 Å². The van der Waals surface area contributed by atoms with E-state index in [2.05, 4.69) is 17.3 Å². The molecule has 1 atom stereocenters. The van der Waals surface area contributed by atoms with Gasteiger partial charge < -0.3 is 5.32 Å². The number of amides is 1. The number of carbonyl (C=O) groups excluding carboxylic acids is 1. The molecule has 118 valence electrons. The van der Waals surface area contributed by atoms with Gasteiger partial charge in [0, 0.05) is 6.04 Å². The second-order valence-corrected chi connectivity index (χ2v) is 5.41. The van der Waals surface area contributed by atoms with Gasteiger partial charge in [-0.05, 0) is 44.0 Å². The average molecular weight is 303 g/mol. The van der Waals surface area contributed by atoms with Gasteiger partial charge in [-0.1, -0.05) is 20.3 Å². The number of carbonyl (C=O) groups is 1. The molecule has 1 aromatic carbocycles. The lowest BCUT2D eigenvalue weighted by atomic mass is 10.1. The minimum absolute atomic E-state index is 0.105. The molecule has 22 heavy (non-hydrogen) atoms. The molecule has 0 radical (unpaired) electrons. The molecule has 0 aliphatic rings. The first-order chi connectivity index (χ1) is 10.6. The Morgan fingerprint density at radius 1 is 1.32 bits per heavy atom. The van der Waals surface area contributed by atoms with E-state index < -0.39 is 0 Å². The molecule has 0 fully saturated rings. The van der Waals surface area contributed by atoms with Gasteiger partial charge in [-0.2, -0.15) is 5.10 Å². The monoisotopic (exact) mass is 303 g/mol. The van der Waals surface area contributed by atoms with Gasteiger partial charge in [0.25, 0.3) is 5.91 Å². The Kier molecular flexibility index (Phi) is 5.31. The third kappa shape index (κ3) is 3.53. The number of benzene rings is 1. The fraction of sp³-hybridized carbons (Fsp3) is 0.412. The smallest absolute Gasteiger partial charge is 0.254 e. The van der Waals surface area contributed by atoms with E-state index in [-0.39, 0.29) is 17.8 Å². The molecule has 0 spiro atoms. The van der Waals surface area contributed by atoms with Gasteiger partial charge in [0.2, 0.25) is 0 Å². The maximum absolute atomic E-state index is 13.0. The van der Waals surface area contributed by atoms with Gasteiger partial charge in [-0.3, -0.25) is 4.79 Å². The van der Waals surface area contributed by atoms with E-state index in [1.165, 1.54) is 12.1 Å². The minimum Gasteiger partial charge on any atom is -0.349 e. The predicted molar refractivity (Wildman–Crippen MR) is 84.7 cm³/mol. The zero-order valence-electron chi connectivity index (χ0n) is 13.3. The normalized spacial score (nSPS) is 12.2. The molecule has 4 nitrogen and oxygen atoms in total. The standard InChI is InChI=1S/C17H22FN3O/c1-4-6-12(3)20-17(22)15-11-19-21(16(15)5-2)14-9-7-13(18)8-10-14/h7-12H,4-6H2,1-3H3,(H,20,22). The van der Waals surface area contributed by atoms with Crippen LogP contribution in [0.3, 0.4) is 0 Å². The van der Waals surface area contributed by atoms with Crippen molar-refractivity contribution in [2.24, 2.45) is 0 Å². The van der Waals surface area contributed by atoms with Gasteiger partial charge in [0.1, 0.15) is 5.82 Å². The quantitative estimate of drug-likeness (QED) is 0.888. The molecule has 2 rings (SSSR count). The zero-order valence-corrected chi connectivity index (χ0v) is 13.3. The van der Waals surface area contributed by atoms with Crippen LogP contribution in [0.2, 0.25) is 0 Å². The molecule has 0 aliphatic carbocycles. The number of nitrogens with one attached hydrogen (secondary N) is 1. The van der Waals surface area contributed by atoms with Crippen molar-refractivity contribution in [2.75, 3.05) is 0 Å². The van der Waals surface area contributed by atoms with Gasteiger partial charge in [0.15, 0.2) is 0 Å². The molecule has 1 heterocycles. The van der Waals surface area contributed by atoms with Crippen molar-refractivity contribution in [3.63, 3.8) is 0 Å². The van der Waals surface area contributed by atoms with Crippen LogP contribution in [0, 0.1) is 5.82 Å². The molecular formula is C17H22FN3O. The minimum atomic E-state index is -0.291. The Labute approximate surface area is 130 Å². The van der Waals surface area contributed by atoms with Crippen LogP contribution >= 0.6 is 0 Å². The Morgan fingerprint density at radius 2 is 2.00 bits per heavy atom. The summed E-state index contributed by atoms with van der Waals surface area (Å²) >= 11 is 0. The van der Waals surface area contributed by atoms with Crippen LogP contribution in [0.5, 0.6) is 0 Å². The van der Waals surface area contributed by atoms with E-state index in [9.17, 15) is 9.18 Å². The van der Waals surface area contributed by atoms with Crippen molar-refractivity contribution in [1.82, 2.24) is 15.1 Å². The van der Waals surface area contributed by atoms with Crippen molar-refractivity contribution < 1.29 is 9.18 Å². The maximum atomic E-state index is 13.0. The molecule has 2 aromatic rings. The zero-order chi connectivity index (χ0) is 16.1. The van der Waals surface area contributed by atoms with Gasteiger partial charge >= 0.3 is 0 Å². The number of halogens is 1. The molecule has 5 heteroatoms. The van der Waals surface area contributed by atoms with E-state index in [1.54, 1.807) is 23.0 Å². The lowest BCUT2D eigenvalue weighted by Gasteiger charge is -2.13. The summed E-state index contributed by atoms with van der Waals surface area (Å²) < 4.78 is 14.7. The molecule has 0 saturated carbocycles. The Morgan fingerprint density at radius 3 is 2.59 bits per heavy atom. The summed E-state index contributed by atoms with van der Waals surface area (Å²) in [6.07, 6.45) is 4.22. The van der Waals surface area contributed by atoms with Crippen LogP contribution in [-0.4, -0.2) is 21.7 Å². The number of rotatable bonds is 6. The van der Waals surface area contributed by atoms with Crippen LogP contribution in [-0.2, 0) is 6.42 Å². The lowest BCUT2D eigenvalue weighted by molar-refractivity contribution is 0.0937. The van der Waals surface area contributed by atoms with Crippen LogP contribution in [0.4, 0.5) is 4.39 Å². The highest BCUT2D eigenvalue weighted by Gasteiger charge is 2.18.